The molecular formula is C19H18ClN5O3. The molecule has 0 aliphatic heterocycles. The molecule has 2 aromatic heterocycles. The maximum atomic E-state index is 12.2. The molecular weight excluding hydrogens is 382 g/mol. The maximum Gasteiger partial charge on any atom is 0.330 e. The predicted octanol–water partition coefficient (Wildman–Crippen LogP) is 1.63. The van der Waals surface area contributed by atoms with Gasteiger partial charge in [0.2, 0.25) is 5.91 Å². The van der Waals surface area contributed by atoms with Crippen LogP contribution in [0.2, 0.25) is 5.02 Å². The Labute approximate surface area is 165 Å². The molecule has 0 bridgehead atoms. The van der Waals surface area contributed by atoms with E-state index in [1.807, 2.05) is 12.1 Å². The summed E-state index contributed by atoms with van der Waals surface area (Å²) in [5.74, 6) is 0.0896. The molecule has 3 rings (SSSR count). The second-order valence-corrected chi connectivity index (χ2v) is 6.60. The van der Waals surface area contributed by atoms with Crippen LogP contribution in [-0.2, 0) is 25.4 Å². The Balaban J connectivity index is 1.74. The van der Waals surface area contributed by atoms with Crippen LogP contribution in [0.4, 0.5) is 5.82 Å². The number of amides is 1. The molecule has 144 valence electrons. The zero-order chi connectivity index (χ0) is 20.3. The van der Waals surface area contributed by atoms with E-state index in [1.54, 1.807) is 29.1 Å². The van der Waals surface area contributed by atoms with Gasteiger partial charge in [-0.05, 0) is 23.8 Å². The highest BCUT2D eigenvalue weighted by Gasteiger charge is 2.08. The molecule has 0 atom stereocenters. The molecule has 0 aliphatic carbocycles. The van der Waals surface area contributed by atoms with Gasteiger partial charge in [0.15, 0.2) is 0 Å². The van der Waals surface area contributed by atoms with Gasteiger partial charge in [0.25, 0.3) is 5.56 Å². The maximum absolute atomic E-state index is 12.2. The monoisotopic (exact) mass is 399 g/mol. The summed E-state index contributed by atoms with van der Waals surface area (Å²) in [4.78, 5) is 36.0. The summed E-state index contributed by atoms with van der Waals surface area (Å²) in [5, 5.41) is 7.58. The quantitative estimate of drug-likeness (QED) is 0.660. The van der Waals surface area contributed by atoms with Crippen molar-refractivity contribution in [2.45, 2.75) is 6.54 Å². The van der Waals surface area contributed by atoms with E-state index in [-0.39, 0.29) is 5.56 Å². The van der Waals surface area contributed by atoms with E-state index in [4.69, 9.17) is 11.6 Å². The van der Waals surface area contributed by atoms with Gasteiger partial charge in [0, 0.05) is 37.5 Å². The van der Waals surface area contributed by atoms with Gasteiger partial charge in [-0.1, -0.05) is 23.7 Å². The minimum atomic E-state index is -0.472. The fourth-order valence-electron chi connectivity index (χ4n) is 2.61. The number of aryl methyl sites for hydroxylation is 1. The van der Waals surface area contributed by atoms with Gasteiger partial charge < -0.3 is 9.88 Å². The van der Waals surface area contributed by atoms with E-state index in [0.29, 0.717) is 17.4 Å². The number of benzene rings is 1. The minimum Gasteiger partial charge on any atom is -0.307 e. The number of hydrogen-bond acceptors (Lipinski definition) is 4. The van der Waals surface area contributed by atoms with E-state index in [0.717, 1.165) is 10.1 Å². The molecule has 0 fully saturated rings. The SMILES string of the molecule is Cn1cc(/C=C/C(=O)Nc2ccnn2Cc2ccc(Cl)cc2)c(=O)n(C)c1=O. The second kappa shape index (κ2) is 8.10. The lowest BCUT2D eigenvalue weighted by Crippen LogP contribution is -2.37. The molecule has 0 spiro atoms. The lowest BCUT2D eigenvalue weighted by atomic mass is 10.2. The van der Waals surface area contributed by atoms with Crippen LogP contribution in [0.15, 0.2) is 58.4 Å². The van der Waals surface area contributed by atoms with Crippen LogP contribution in [-0.4, -0.2) is 24.8 Å². The topological polar surface area (TPSA) is 90.9 Å². The Morgan fingerprint density at radius 2 is 1.89 bits per heavy atom. The summed E-state index contributed by atoms with van der Waals surface area (Å²) in [7, 11) is 2.92. The number of carbonyl (C=O) groups is 1. The first-order chi connectivity index (χ1) is 13.3. The van der Waals surface area contributed by atoms with Crippen molar-refractivity contribution < 1.29 is 4.79 Å². The molecule has 0 saturated carbocycles. The van der Waals surface area contributed by atoms with Gasteiger partial charge >= 0.3 is 5.69 Å². The summed E-state index contributed by atoms with van der Waals surface area (Å²) in [6, 6.07) is 9.01. The standard InChI is InChI=1S/C19H18ClN5O3/c1-23-12-14(18(27)24(2)19(23)28)5-8-17(26)22-16-9-10-21-25(16)11-13-3-6-15(20)7-4-13/h3-10,12H,11H2,1-2H3,(H,22,26)/b8-5+. The molecule has 1 amide bonds. The van der Waals surface area contributed by atoms with E-state index in [9.17, 15) is 14.4 Å². The summed E-state index contributed by atoms with van der Waals surface area (Å²) < 4.78 is 3.90. The smallest absolute Gasteiger partial charge is 0.307 e. The number of anilines is 1. The molecule has 3 aromatic rings. The highest BCUT2D eigenvalue weighted by molar-refractivity contribution is 6.30. The van der Waals surface area contributed by atoms with Crippen LogP contribution in [0.5, 0.6) is 0 Å². The first kappa shape index (κ1) is 19.4. The normalized spacial score (nSPS) is 11.1. The average molecular weight is 400 g/mol. The molecule has 28 heavy (non-hydrogen) atoms. The molecule has 0 saturated heterocycles. The van der Waals surface area contributed by atoms with Crippen molar-refractivity contribution in [2.75, 3.05) is 5.32 Å². The summed E-state index contributed by atoms with van der Waals surface area (Å²) >= 11 is 5.89. The van der Waals surface area contributed by atoms with Crippen LogP contribution in [0.25, 0.3) is 6.08 Å². The third-order valence-corrected chi connectivity index (χ3v) is 4.35. The third kappa shape index (κ3) is 4.29. The molecule has 0 aliphatic rings. The second-order valence-electron chi connectivity index (χ2n) is 6.17. The summed E-state index contributed by atoms with van der Waals surface area (Å²) in [6.45, 7) is 0.463. The third-order valence-electron chi connectivity index (χ3n) is 4.10. The number of nitrogens with one attached hydrogen (secondary N) is 1. The van der Waals surface area contributed by atoms with Crippen molar-refractivity contribution in [1.29, 1.82) is 0 Å². The van der Waals surface area contributed by atoms with Gasteiger partial charge in [0.1, 0.15) is 5.82 Å². The molecule has 2 heterocycles. The van der Waals surface area contributed by atoms with Crippen molar-refractivity contribution in [3.63, 3.8) is 0 Å². The fourth-order valence-corrected chi connectivity index (χ4v) is 2.74. The van der Waals surface area contributed by atoms with E-state index >= 15 is 0 Å². The van der Waals surface area contributed by atoms with Gasteiger partial charge in [-0.15, -0.1) is 0 Å². The van der Waals surface area contributed by atoms with Gasteiger partial charge in [-0.3, -0.25) is 14.2 Å². The van der Waals surface area contributed by atoms with Crippen LogP contribution >= 0.6 is 11.6 Å². The number of rotatable bonds is 5. The van der Waals surface area contributed by atoms with Crippen molar-refractivity contribution in [2.24, 2.45) is 14.1 Å². The Morgan fingerprint density at radius 1 is 1.18 bits per heavy atom. The minimum absolute atomic E-state index is 0.231. The van der Waals surface area contributed by atoms with Crippen molar-refractivity contribution >= 4 is 29.4 Å². The van der Waals surface area contributed by atoms with Crippen LogP contribution in [0, 0.1) is 0 Å². The van der Waals surface area contributed by atoms with Gasteiger partial charge in [0.05, 0.1) is 18.3 Å². The number of hydrogen-bond donors (Lipinski definition) is 1. The largest absolute Gasteiger partial charge is 0.330 e. The average Bonchev–Trinajstić information content (AvgIpc) is 3.10. The Bertz CT molecular complexity index is 1160. The van der Waals surface area contributed by atoms with Crippen molar-refractivity contribution in [3.8, 4) is 0 Å². The number of carbonyl (C=O) groups excluding carboxylic acids is 1. The molecule has 9 heteroatoms. The van der Waals surface area contributed by atoms with Gasteiger partial charge in [-0.2, -0.15) is 5.10 Å². The van der Waals surface area contributed by atoms with E-state index < -0.39 is 17.2 Å². The predicted molar refractivity (Wildman–Crippen MR) is 107 cm³/mol. The van der Waals surface area contributed by atoms with Crippen molar-refractivity contribution in [1.82, 2.24) is 18.9 Å². The zero-order valence-electron chi connectivity index (χ0n) is 15.3. The molecule has 8 nitrogen and oxygen atoms in total. The van der Waals surface area contributed by atoms with Crippen molar-refractivity contribution in [3.05, 3.63) is 85.8 Å². The first-order valence-corrected chi connectivity index (χ1v) is 8.75. The Hall–Kier alpha value is -3.39. The van der Waals surface area contributed by atoms with Crippen LogP contribution in [0.3, 0.4) is 0 Å². The molecule has 0 unspecified atom stereocenters. The highest BCUT2D eigenvalue weighted by Crippen LogP contribution is 2.13. The fraction of sp³-hybridized carbons (Fsp3) is 0.158. The Kier molecular flexibility index (Phi) is 5.60. The van der Waals surface area contributed by atoms with Gasteiger partial charge in [-0.25, -0.2) is 9.48 Å². The highest BCUT2D eigenvalue weighted by atomic mass is 35.5. The molecule has 1 N–H and O–H groups in total. The molecule has 1 aromatic carbocycles. The number of nitrogens with zero attached hydrogens (tertiary/aromatic N) is 4. The number of halogens is 1. The van der Waals surface area contributed by atoms with E-state index in [1.165, 1.54) is 37.0 Å². The first-order valence-electron chi connectivity index (χ1n) is 8.37. The lowest BCUT2D eigenvalue weighted by molar-refractivity contribution is -0.111. The summed E-state index contributed by atoms with van der Waals surface area (Å²) in [5.41, 5.74) is 0.305. The summed E-state index contributed by atoms with van der Waals surface area (Å²) in [6.07, 6.45) is 5.58. The molecule has 0 radical (unpaired) electrons. The lowest BCUT2D eigenvalue weighted by Gasteiger charge is -2.08. The Morgan fingerprint density at radius 3 is 2.61 bits per heavy atom. The van der Waals surface area contributed by atoms with Crippen LogP contribution < -0.4 is 16.6 Å². The van der Waals surface area contributed by atoms with Crippen LogP contribution in [0.1, 0.15) is 11.1 Å². The number of aromatic nitrogens is 4. The van der Waals surface area contributed by atoms with E-state index in [2.05, 4.69) is 10.4 Å². The zero-order valence-corrected chi connectivity index (χ0v) is 16.1.